The molecule has 0 atom stereocenters. The number of hydrogen-bond donors (Lipinski definition) is 0. The van der Waals surface area contributed by atoms with Gasteiger partial charge in [0.1, 0.15) is 0 Å². The summed E-state index contributed by atoms with van der Waals surface area (Å²) in [6, 6.07) is 16.2. The minimum atomic E-state index is -0.551. The topological polar surface area (TPSA) is 56.0 Å². The number of halogens is 1. The Morgan fingerprint density at radius 1 is 1.15 bits per heavy atom. The number of nitrogens with zero attached hydrogens (tertiary/aromatic N) is 3. The molecule has 7 heteroatoms. The average molecular weight is 382 g/mol. The number of carbonyl (C=O) groups excluding carboxylic acids is 1. The summed E-state index contributed by atoms with van der Waals surface area (Å²) in [7, 11) is 0. The first-order valence-electron chi connectivity index (χ1n) is 7.73. The third-order valence-corrected chi connectivity index (χ3v) is 4.75. The Balaban J connectivity index is 1.62. The van der Waals surface area contributed by atoms with Crippen LogP contribution in [0.3, 0.4) is 0 Å². The van der Waals surface area contributed by atoms with Crippen LogP contribution in [0.25, 0.3) is 16.2 Å². The molecule has 0 saturated carbocycles. The Bertz CT molecular complexity index is 1090. The van der Waals surface area contributed by atoms with Crippen molar-refractivity contribution in [3.63, 3.8) is 0 Å². The summed E-state index contributed by atoms with van der Waals surface area (Å²) in [5.41, 5.74) is 2.87. The molecule has 5 nitrogen and oxygen atoms in total. The van der Waals surface area contributed by atoms with Crippen LogP contribution < -0.4 is 0 Å². The van der Waals surface area contributed by atoms with E-state index < -0.39 is 5.97 Å². The minimum absolute atomic E-state index is 0.379. The van der Waals surface area contributed by atoms with Gasteiger partial charge in [-0.2, -0.15) is 0 Å². The van der Waals surface area contributed by atoms with Crippen LogP contribution in [0.5, 0.6) is 0 Å². The normalized spacial score (nSPS) is 11.3. The van der Waals surface area contributed by atoms with Gasteiger partial charge in [0.15, 0.2) is 4.96 Å². The maximum absolute atomic E-state index is 12.1. The molecule has 4 aromatic rings. The lowest BCUT2D eigenvalue weighted by Gasteiger charge is -2.00. The number of carbonyl (C=O) groups is 1. The Morgan fingerprint density at radius 3 is 2.69 bits per heavy atom. The van der Waals surface area contributed by atoms with E-state index in [0.717, 1.165) is 21.9 Å². The van der Waals surface area contributed by atoms with Gasteiger partial charge < -0.3 is 4.84 Å². The van der Waals surface area contributed by atoms with Crippen LogP contribution in [0.15, 0.2) is 71.3 Å². The van der Waals surface area contributed by atoms with E-state index in [4.69, 9.17) is 16.4 Å². The molecule has 0 aliphatic carbocycles. The summed E-state index contributed by atoms with van der Waals surface area (Å²) in [4.78, 5) is 22.5. The molecule has 0 bridgehead atoms. The number of fused-ring (bicyclic) bond motifs is 1. The number of hydrogen-bond acceptors (Lipinski definition) is 5. The Kier molecular flexibility index (Phi) is 4.51. The fraction of sp³-hybridized carbons (Fsp3) is 0. The smallest absolute Gasteiger partial charge is 0.313 e. The largest absolute Gasteiger partial charge is 0.365 e. The van der Waals surface area contributed by atoms with Crippen molar-refractivity contribution < 1.29 is 9.63 Å². The first-order chi connectivity index (χ1) is 12.7. The van der Waals surface area contributed by atoms with Crippen molar-refractivity contribution in [1.29, 1.82) is 0 Å². The number of thiazole rings is 1. The molecule has 26 heavy (non-hydrogen) atoms. The second kappa shape index (κ2) is 7.11. The van der Waals surface area contributed by atoms with Crippen LogP contribution in [0.1, 0.15) is 16.1 Å². The Hall–Kier alpha value is -2.96. The van der Waals surface area contributed by atoms with Crippen molar-refractivity contribution in [2.75, 3.05) is 0 Å². The first-order valence-corrected chi connectivity index (χ1v) is 8.99. The Morgan fingerprint density at radius 2 is 1.92 bits per heavy atom. The standard InChI is InChI=1S/C19H12ClN3O2S/c20-15-8-6-14(7-9-15)18(24)25-21-12-16-17(13-4-2-1-3-5-13)22-19-23(16)10-11-26-19/h1-12H/b21-12+. The van der Waals surface area contributed by atoms with E-state index in [0.29, 0.717) is 10.6 Å². The summed E-state index contributed by atoms with van der Waals surface area (Å²) in [5, 5.41) is 6.36. The van der Waals surface area contributed by atoms with Crippen LogP contribution >= 0.6 is 22.9 Å². The summed E-state index contributed by atoms with van der Waals surface area (Å²) in [6.07, 6.45) is 3.41. The van der Waals surface area contributed by atoms with Crippen LogP contribution in [-0.4, -0.2) is 21.6 Å². The van der Waals surface area contributed by atoms with E-state index in [1.807, 2.05) is 46.3 Å². The van der Waals surface area contributed by atoms with Crippen molar-refractivity contribution >= 4 is 40.1 Å². The lowest BCUT2D eigenvalue weighted by molar-refractivity contribution is 0.0519. The molecule has 0 unspecified atom stereocenters. The van der Waals surface area contributed by atoms with Gasteiger partial charge in [0.25, 0.3) is 0 Å². The monoisotopic (exact) mass is 381 g/mol. The van der Waals surface area contributed by atoms with Crippen LogP contribution in [0.4, 0.5) is 0 Å². The number of aromatic nitrogens is 2. The summed E-state index contributed by atoms with van der Waals surface area (Å²) in [6.45, 7) is 0. The third-order valence-electron chi connectivity index (χ3n) is 3.74. The predicted octanol–water partition coefficient (Wildman–Crippen LogP) is 4.91. The zero-order valence-electron chi connectivity index (χ0n) is 13.4. The van der Waals surface area contributed by atoms with Gasteiger partial charge >= 0.3 is 5.97 Å². The fourth-order valence-corrected chi connectivity index (χ4v) is 3.34. The van der Waals surface area contributed by atoms with Crippen molar-refractivity contribution in [3.05, 3.63) is 82.5 Å². The zero-order chi connectivity index (χ0) is 17.9. The number of oxime groups is 1. The van der Waals surface area contributed by atoms with Crippen molar-refractivity contribution in [1.82, 2.24) is 9.38 Å². The van der Waals surface area contributed by atoms with Gasteiger partial charge in [-0.25, -0.2) is 9.78 Å². The lowest BCUT2D eigenvalue weighted by Crippen LogP contribution is -2.01. The van der Waals surface area contributed by atoms with Gasteiger partial charge in [-0.1, -0.05) is 47.1 Å². The van der Waals surface area contributed by atoms with E-state index in [2.05, 4.69) is 10.1 Å². The Labute approximate surface area is 158 Å². The molecule has 0 saturated heterocycles. The number of imidazole rings is 1. The van der Waals surface area contributed by atoms with Crippen molar-refractivity contribution in [2.24, 2.45) is 5.16 Å². The maximum atomic E-state index is 12.1. The van der Waals surface area contributed by atoms with Crippen LogP contribution in [-0.2, 0) is 4.84 Å². The van der Waals surface area contributed by atoms with Crippen LogP contribution in [0, 0.1) is 0 Å². The van der Waals surface area contributed by atoms with Gasteiger partial charge in [-0.15, -0.1) is 11.3 Å². The highest BCUT2D eigenvalue weighted by atomic mass is 35.5. The molecule has 0 radical (unpaired) electrons. The molecule has 0 N–H and O–H groups in total. The molecule has 2 aromatic carbocycles. The van der Waals surface area contributed by atoms with E-state index >= 15 is 0 Å². The summed E-state index contributed by atoms with van der Waals surface area (Å²) in [5.74, 6) is -0.551. The van der Waals surface area contributed by atoms with E-state index in [9.17, 15) is 4.79 Å². The summed E-state index contributed by atoms with van der Waals surface area (Å²) < 4.78 is 1.91. The molecule has 0 aliphatic rings. The SMILES string of the molecule is O=C(O/N=C/c1c(-c2ccccc2)nc2sccn12)c1ccc(Cl)cc1. The second-order valence-corrected chi connectivity index (χ2v) is 6.70. The molecule has 0 amide bonds. The van der Waals surface area contributed by atoms with Gasteiger partial charge in [-0.05, 0) is 24.3 Å². The molecular formula is C19H12ClN3O2S. The molecule has 0 aliphatic heterocycles. The molecule has 4 rings (SSSR count). The molecule has 128 valence electrons. The number of rotatable bonds is 4. The second-order valence-electron chi connectivity index (χ2n) is 5.39. The molecular weight excluding hydrogens is 370 g/mol. The first kappa shape index (κ1) is 16.5. The lowest BCUT2D eigenvalue weighted by atomic mass is 10.1. The maximum Gasteiger partial charge on any atom is 0.365 e. The van der Waals surface area contributed by atoms with E-state index in [-0.39, 0.29) is 0 Å². The zero-order valence-corrected chi connectivity index (χ0v) is 14.9. The average Bonchev–Trinajstić information content (AvgIpc) is 3.25. The predicted molar refractivity (Wildman–Crippen MR) is 103 cm³/mol. The summed E-state index contributed by atoms with van der Waals surface area (Å²) >= 11 is 7.34. The molecule has 0 fully saturated rings. The quantitative estimate of drug-likeness (QED) is 0.287. The van der Waals surface area contributed by atoms with Gasteiger partial charge in [0.2, 0.25) is 0 Å². The van der Waals surface area contributed by atoms with Crippen molar-refractivity contribution in [3.8, 4) is 11.3 Å². The van der Waals surface area contributed by atoms with Gasteiger partial charge in [0.05, 0.1) is 23.2 Å². The molecule has 2 heterocycles. The van der Waals surface area contributed by atoms with Crippen molar-refractivity contribution in [2.45, 2.75) is 0 Å². The third kappa shape index (κ3) is 3.24. The van der Waals surface area contributed by atoms with E-state index in [1.54, 1.807) is 24.3 Å². The van der Waals surface area contributed by atoms with E-state index in [1.165, 1.54) is 17.6 Å². The van der Waals surface area contributed by atoms with Gasteiger partial charge in [-0.3, -0.25) is 4.40 Å². The fourth-order valence-electron chi connectivity index (χ4n) is 2.50. The highest BCUT2D eigenvalue weighted by Crippen LogP contribution is 2.25. The highest BCUT2D eigenvalue weighted by Gasteiger charge is 2.14. The molecule has 0 spiro atoms. The minimum Gasteiger partial charge on any atom is -0.313 e. The van der Waals surface area contributed by atoms with Gasteiger partial charge in [0, 0.05) is 22.2 Å². The highest BCUT2D eigenvalue weighted by molar-refractivity contribution is 7.15. The van der Waals surface area contributed by atoms with Crippen LogP contribution in [0.2, 0.25) is 5.02 Å². The molecule has 2 aromatic heterocycles. The number of benzene rings is 2.